The summed E-state index contributed by atoms with van der Waals surface area (Å²) in [5.41, 5.74) is 2.61. The Hall–Kier alpha value is -1.43. The van der Waals surface area contributed by atoms with E-state index in [4.69, 9.17) is 4.74 Å². The van der Waals surface area contributed by atoms with E-state index >= 15 is 0 Å². The van der Waals surface area contributed by atoms with Gasteiger partial charge >= 0.3 is 0 Å². The molecule has 3 rings (SSSR count). The van der Waals surface area contributed by atoms with Gasteiger partial charge in [0.2, 0.25) is 5.91 Å². The molecule has 1 saturated carbocycles. The monoisotopic (exact) mass is 346 g/mol. The van der Waals surface area contributed by atoms with Crippen molar-refractivity contribution in [3.8, 4) is 0 Å². The van der Waals surface area contributed by atoms with Crippen LogP contribution in [-0.4, -0.2) is 61.4 Å². The summed E-state index contributed by atoms with van der Waals surface area (Å²) < 4.78 is 4.97. The highest BCUT2D eigenvalue weighted by Gasteiger charge is 2.44. The van der Waals surface area contributed by atoms with Gasteiger partial charge in [-0.25, -0.2) is 0 Å². The van der Waals surface area contributed by atoms with Crippen molar-refractivity contribution >= 4 is 5.91 Å². The zero-order valence-corrected chi connectivity index (χ0v) is 15.3. The quantitative estimate of drug-likeness (QED) is 0.789. The van der Waals surface area contributed by atoms with Crippen LogP contribution in [0.1, 0.15) is 36.3 Å². The minimum absolute atomic E-state index is 0.141. The van der Waals surface area contributed by atoms with E-state index in [0.29, 0.717) is 19.1 Å². The third-order valence-electron chi connectivity index (χ3n) is 5.48. The van der Waals surface area contributed by atoms with Gasteiger partial charge in [-0.3, -0.25) is 4.79 Å². The zero-order valence-electron chi connectivity index (χ0n) is 15.3. The fraction of sp³-hybridized carbons (Fsp3) is 0.650. The van der Waals surface area contributed by atoms with E-state index in [2.05, 4.69) is 35.3 Å². The molecule has 3 atom stereocenters. The second-order valence-corrected chi connectivity index (χ2v) is 7.50. The topological polar surface area (TPSA) is 61.8 Å². The number of aliphatic hydroxyl groups excluding tert-OH is 1. The Morgan fingerprint density at radius 2 is 2.08 bits per heavy atom. The van der Waals surface area contributed by atoms with Crippen LogP contribution in [0, 0.1) is 12.8 Å². The van der Waals surface area contributed by atoms with E-state index in [9.17, 15) is 9.90 Å². The van der Waals surface area contributed by atoms with Gasteiger partial charge in [0, 0.05) is 38.7 Å². The average Bonchev–Trinajstić information content (AvgIpc) is 3.38. The van der Waals surface area contributed by atoms with Gasteiger partial charge in [-0.1, -0.05) is 24.3 Å². The van der Waals surface area contributed by atoms with Gasteiger partial charge < -0.3 is 20.1 Å². The minimum atomic E-state index is -0.433. The molecule has 138 valence electrons. The van der Waals surface area contributed by atoms with Crippen molar-refractivity contribution in [3.05, 3.63) is 35.4 Å². The number of piperidine rings is 1. The first-order valence-corrected chi connectivity index (χ1v) is 9.33. The standard InChI is InChI=1S/C20H30N2O3/c1-14-5-3-4-6-17(14)18-11-19(18)20(24)21-15-7-9-22(10-8-15)12-16(23)13-25-2/h3-6,15-16,18-19,23H,7-13H2,1-2H3,(H,21,24). The predicted molar refractivity (Wildman–Crippen MR) is 97.5 cm³/mol. The number of likely N-dealkylation sites (tertiary alicyclic amines) is 1. The molecule has 5 heteroatoms. The summed E-state index contributed by atoms with van der Waals surface area (Å²) in [7, 11) is 1.60. The van der Waals surface area contributed by atoms with Crippen molar-refractivity contribution < 1.29 is 14.6 Å². The van der Waals surface area contributed by atoms with E-state index in [1.165, 1.54) is 11.1 Å². The number of nitrogens with zero attached hydrogens (tertiary/aromatic N) is 1. The zero-order chi connectivity index (χ0) is 17.8. The first kappa shape index (κ1) is 18.4. The smallest absolute Gasteiger partial charge is 0.223 e. The van der Waals surface area contributed by atoms with Crippen LogP contribution in [0.5, 0.6) is 0 Å². The number of nitrogens with one attached hydrogen (secondary N) is 1. The minimum Gasteiger partial charge on any atom is -0.389 e. The second kappa shape index (κ2) is 8.30. The Kier molecular flexibility index (Phi) is 6.10. The molecular formula is C20H30N2O3. The van der Waals surface area contributed by atoms with Gasteiger partial charge in [-0.05, 0) is 43.2 Å². The van der Waals surface area contributed by atoms with Gasteiger partial charge in [0.25, 0.3) is 0 Å². The number of carbonyl (C=O) groups is 1. The fourth-order valence-corrected chi connectivity index (χ4v) is 3.94. The van der Waals surface area contributed by atoms with E-state index in [-0.39, 0.29) is 17.9 Å². The number of hydrogen-bond donors (Lipinski definition) is 2. The van der Waals surface area contributed by atoms with Crippen LogP contribution in [0.15, 0.2) is 24.3 Å². The highest BCUT2D eigenvalue weighted by molar-refractivity contribution is 5.83. The summed E-state index contributed by atoms with van der Waals surface area (Å²) in [4.78, 5) is 14.8. The second-order valence-electron chi connectivity index (χ2n) is 7.50. The number of β-amino-alcohol motifs (C(OH)–C–C–N with tert-alkyl or cyclic N) is 1. The highest BCUT2D eigenvalue weighted by atomic mass is 16.5. The SMILES string of the molecule is COCC(O)CN1CCC(NC(=O)C2CC2c2ccccc2C)CC1. The van der Waals surface area contributed by atoms with Crippen molar-refractivity contribution in [2.24, 2.45) is 5.92 Å². The lowest BCUT2D eigenvalue weighted by Crippen LogP contribution is -2.47. The predicted octanol–water partition coefficient (Wildman–Crippen LogP) is 1.69. The van der Waals surface area contributed by atoms with Crippen LogP contribution in [0.4, 0.5) is 0 Å². The van der Waals surface area contributed by atoms with Crippen molar-refractivity contribution in [2.45, 2.75) is 44.2 Å². The van der Waals surface area contributed by atoms with Gasteiger partial charge in [0.05, 0.1) is 12.7 Å². The van der Waals surface area contributed by atoms with Crippen molar-refractivity contribution in [1.82, 2.24) is 10.2 Å². The Morgan fingerprint density at radius 3 is 2.76 bits per heavy atom. The molecule has 1 aliphatic heterocycles. The van der Waals surface area contributed by atoms with Crippen LogP contribution in [0.25, 0.3) is 0 Å². The van der Waals surface area contributed by atoms with E-state index in [0.717, 1.165) is 32.4 Å². The molecule has 2 N–H and O–H groups in total. The van der Waals surface area contributed by atoms with Crippen molar-refractivity contribution in [1.29, 1.82) is 0 Å². The number of benzene rings is 1. The van der Waals surface area contributed by atoms with Crippen LogP contribution < -0.4 is 5.32 Å². The van der Waals surface area contributed by atoms with Gasteiger partial charge in [0.15, 0.2) is 0 Å². The molecule has 2 fully saturated rings. The summed E-state index contributed by atoms with van der Waals surface area (Å²) in [5, 5.41) is 13.1. The summed E-state index contributed by atoms with van der Waals surface area (Å²) in [6.07, 6.45) is 2.44. The number of aliphatic hydroxyl groups is 1. The average molecular weight is 346 g/mol. The highest BCUT2D eigenvalue weighted by Crippen LogP contribution is 2.48. The summed E-state index contributed by atoms with van der Waals surface area (Å²) in [6, 6.07) is 8.64. The Balaban J connectivity index is 1.41. The van der Waals surface area contributed by atoms with Gasteiger partial charge in [-0.15, -0.1) is 0 Å². The number of ether oxygens (including phenoxy) is 1. The molecule has 1 heterocycles. The third kappa shape index (κ3) is 4.81. The van der Waals surface area contributed by atoms with Gasteiger partial charge in [-0.2, -0.15) is 0 Å². The van der Waals surface area contributed by atoms with E-state index in [1.54, 1.807) is 7.11 Å². The van der Waals surface area contributed by atoms with Crippen molar-refractivity contribution in [3.63, 3.8) is 0 Å². The van der Waals surface area contributed by atoms with Crippen LogP contribution in [-0.2, 0) is 9.53 Å². The molecule has 3 unspecified atom stereocenters. The molecule has 1 aromatic carbocycles. The number of carbonyl (C=O) groups excluding carboxylic acids is 1. The maximum absolute atomic E-state index is 12.5. The Bertz CT molecular complexity index is 584. The molecule has 1 aliphatic carbocycles. The van der Waals surface area contributed by atoms with Gasteiger partial charge in [0.1, 0.15) is 0 Å². The fourth-order valence-electron chi connectivity index (χ4n) is 3.94. The molecule has 0 bridgehead atoms. The molecule has 0 radical (unpaired) electrons. The summed E-state index contributed by atoms with van der Waals surface area (Å²) >= 11 is 0. The summed E-state index contributed by atoms with van der Waals surface area (Å²) in [6.45, 7) is 4.97. The first-order chi connectivity index (χ1) is 12.1. The maximum Gasteiger partial charge on any atom is 0.223 e. The number of amides is 1. The first-order valence-electron chi connectivity index (χ1n) is 9.33. The molecule has 5 nitrogen and oxygen atoms in total. The Morgan fingerprint density at radius 1 is 1.36 bits per heavy atom. The normalized spacial score (nSPS) is 25.6. The summed E-state index contributed by atoms with van der Waals surface area (Å²) in [5.74, 6) is 0.749. The molecule has 1 saturated heterocycles. The number of rotatable bonds is 7. The lowest BCUT2D eigenvalue weighted by Gasteiger charge is -2.33. The molecular weight excluding hydrogens is 316 g/mol. The molecule has 25 heavy (non-hydrogen) atoms. The van der Waals surface area contributed by atoms with E-state index < -0.39 is 6.10 Å². The lowest BCUT2D eigenvalue weighted by atomic mass is 10.0. The molecule has 0 spiro atoms. The Labute approximate surface area is 150 Å². The van der Waals surface area contributed by atoms with E-state index in [1.807, 2.05) is 6.07 Å². The number of hydrogen-bond acceptors (Lipinski definition) is 4. The number of methoxy groups -OCH3 is 1. The molecule has 1 amide bonds. The van der Waals surface area contributed by atoms with Crippen LogP contribution in [0.3, 0.4) is 0 Å². The molecule has 0 aromatic heterocycles. The largest absolute Gasteiger partial charge is 0.389 e. The maximum atomic E-state index is 12.5. The lowest BCUT2D eigenvalue weighted by molar-refractivity contribution is -0.123. The third-order valence-corrected chi connectivity index (χ3v) is 5.48. The molecule has 2 aliphatic rings. The van der Waals surface area contributed by atoms with Crippen LogP contribution >= 0.6 is 0 Å². The molecule has 1 aromatic rings. The van der Waals surface area contributed by atoms with Crippen LogP contribution in [0.2, 0.25) is 0 Å². The van der Waals surface area contributed by atoms with Crippen molar-refractivity contribution in [2.75, 3.05) is 33.4 Å². The number of aryl methyl sites for hydroxylation is 1.